The molecular weight excluding hydrogens is 252 g/mol. The number of ether oxygens (including phenoxy) is 2. The van der Waals surface area contributed by atoms with E-state index in [1.807, 2.05) is 18.2 Å². The average Bonchev–Trinajstić information content (AvgIpc) is 3.24. The smallest absolute Gasteiger partial charge is 0.157 e. The third-order valence-electron chi connectivity index (χ3n) is 4.27. The summed E-state index contributed by atoms with van der Waals surface area (Å²) in [7, 11) is 0. The van der Waals surface area contributed by atoms with Crippen molar-refractivity contribution in [1.29, 1.82) is 0 Å². The van der Waals surface area contributed by atoms with Crippen LogP contribution in [-0.4, -0.2) is 31.2 Å². The van der Waals surface area contributed by atoms with Gasteiger partial charge in [0.25, 0.3) is 0 Å². The maximum absolute atomic E-state index is 9.74. The van der Waals surface area contributed by atoms with Crippen molar-refractivity contribution in [2.45, 2.75) is 37.4 Å². The minimum Gasteiger partial charge on any atom is -0.395 e. The standard InChI is InChI=1S/C17H22O3/c18-13-17(14-6-2-1-3-7-14)12-15(17)8-4-9-16-19-10-5-11-20-16/h1-3,6-8,16,18H,4-5,9-13H2/b15-8+/t17-/m1/s1. The van der Waals surface area contributed by atoms with Crippen LogP contribution in [0.3, 0.4) is 0 Å². The number of aliphatic hydroxyl groups is 1. The quantitative estimate of drug-likeness (QED) is 0.839. The zero-order chi connectivity index (χ0) is 13.8. The van der Waals surface area contributed by atoms with E-state index in [0.29, 0.717) is 0 Å². The van der Waals surface area contributed by atoms with Crippen LogP contribution < -0.4 is 0 Å². The normalized spacial score (nSPS) is 28.8. The first kappa shape index (κ1) is 13.8. The third-order valence-corrected chi connectivity index (χ3v) is 4.27. The molecule has 1 atom stereocenters. The highest BCUT2D eigenvalue weighted by Gasteiger charge is 2.49. The SMILES string of the molecule is OC[C@@]1(c2ccccc2)C/C1=C\CCC1OCCCO1. The summed E-state index contributed by atoms with van der Waals surface area (Å²) in [6.45, 7) is 1.82. The van der Waals surface area contributed by atoms with Gasteiger partial charge in [0, 0.05) is 11.8 Å². The van der Waals surface area contributed by atoms with E-state index in [9.17, 15) is 5.11 Å². The van der Waals surface area contributed by atoms with Crippen molar-refractivity contribution in [2.75, 3.05) is 19.8 Å². The number of hydrogen-bond donors (Lipinski definition) is 1. The summed E-state index contributed by atoms with van der Waals surface area (Å²) in [5.41, 5.74) is 2.45. The first-order valence-electron chi connectivity index (χ1n) is 7.44. The number of hydrogen-bond acceptors (Lipinski definition) is 3. The van der Waals surface area contributed by atoms with E-state index in [1.54, 1.807) is 0 Å². The van der Waals surface area contributed by atoms with E-state index in [2.05, 4.69) is 18.2 Å². The number of benzene rings is 1. The van der Waals surface area contributed by atoms with Crippen molar-refractivity contribution in [3.8, 4) is 0 Å². The van der Waals surface area contributed by atoms with E-state index in [-0.39, 0.29) is 18.3 Å². The molecule has 1 aromatic rings. The third kappa shape index (κ3) is 2.80. The summed E-state index contributed by atoms with van der Waals surface area (Å²) < 4.78 is 11.1. The minimum absolute atomic E-state index is 0.0420. The number of rotatable bonds is 5. The molecular formula is C17H22O3. The summed E-state index contributed by atoms with van der Waals surface area (Å²) >= 11 is 0. The molecule has 3 rings (SSSR count). The molecule has 0 aromatic heterocycles. The zero-order valence-corrected chi connectivity index (χ0v) is 11.8. The van der Waals surface area contributed by atoms with E-state index in [0.717, 1.165) is 38.9 Å². The topological polar surface area (TPSA) is 38.7 Å². The van der Waals surface area contributed by atoms with Crippen molar-refractivity contribution in [1.82, 2.24) is 0 Å². The fraction of sp³-hybridized carbons (Fsp3) is 0.529. The minimum atomic E-state index is -0.116. The Balaban J connectivity index is 1.57. The van der Waals surface area contributed by atoms with Crippen LogP contribution in [0.2, 0.25) is 0 Å². The summed E-state index contributed by atoms with van der Waals surface area (Å²) in [6, 6.07) is 10.3. The van der Waals surface area contributed by atoms with Gasteiger partial charge in [-0.1, -0.05) is 42.0 Å². The molecule has 0 unspecified atom stereocenters. The summed E-state index contributed by atoms with van der Waals surface area (Å²) in [6.07, 6.45) is 6.04. The van der Waals surface area contributed by atoms with Crippen molar-refractivity contribution in [3.05, 3.63) is 47.5 Å². The molecule has 3 nitrogen and oxygen atoms in total. The molecule has 1 heterocycles. The first-order valence-corrected chi connectivity index (χ1v) is 7.44. The molecule has 2 fully saturated rings. The van der Waals surface area contributed by atoms with Gasteiger partial charge in [-0.25, -0.2) is 0 Å². The second-order valence-electron chi connectivity index (χ2n) is 5.61. The second-order valence-corrected chi connectivity index (χ2v) is 5.61. The lowest BCUT2D eigenvalue weighted by Gasteiger charge is -2.22. The van der Waals surface area contributed by atoms with Gasteiger partial charge >= 0.3 is 0 Å². The molecule has 1 saturated heterocycles. The van der Waals surface area contributed by atoms with Crippen molar-refractivity contribution in [2.24, 2.45) is 0 Å². The Morgan fingerprint density at radius 2 is 1.95 bits per heavy atom. The van der Waals surface area contributed by atoms with E-state index in [1.165, 1.54) is 11.1 Å². The maximum Gasteiger partial charge on any atom is 0.157 e. The number of allylic oxidation sites excluding steroid dienone is 1. The average molecular weight is 274 g/mol. The van der Waals surface area contributed by atoms with Gasteiger partial charge in [-0.05, 0) is 24.8 Å². The van der Waals surface area contributed by atoms with E-state index >= 15 is 0 Å². The van der Waals surface area contributed by atoms with Crippen LogP contribution >= 0.6 is 0 Å². The van der Waals surface area contributed by atoms with Gasteiger partial charge in [0.15, 0.2) is 6.29 Å². The Morgan fingerprint density at radius 1 is 1.20 bits per heavy atom. The molecule has 1 aliphatic carbocycles. The van der Waals surface area contributed by atoms with Crippen molar-refractivity contribution in [3.63, 3.8) is 0 Å². The zero-order valence-electron chi connectivity index (χ0n) is 11.8. The highest BCUT2D eigenvalue weighted by molar-refractivity contribution is 5.49. The van der Waals surface area contributed by atoms with Crippen LogP contribution in [0.15, 0.2) is 42.0 Å². The molecule has 0 amide bonds. The molecule has 1 saturated carbocycles. The van der Waals surface area contributed by atoms with Crippen molar-refractivity contribution >= 4 is 0 Å². The van der Waals surface area contributed by atoms with E-state index < -0.39 is 0 Å². The summed E-state index contributed by atoms with van der Waals surface area (Å²) in [4.78, 5) is 0. The Labute approximate surface area is 120 Å². The van der Waals surface area contributed by atoms with Crippen LogP contribution in [0.25, 0.3) is 0 Å². The monoisotopic (exact) mass is 274 g/mol. The molecule has 0 radical (unpaired) electrons. The predicted octanol–water partition coefficient (Wildman–Crippen LogP) is 2.79. The van der Waals surface area contributed by atoms with Gasteiger partial charge in [0.05, 0.1) is 19.8 Å². The fourth-order valence-corrected chi connectivity index (χ4v) is 2.94. The molecule has 1 aromatic carbocycles. The van der Waals surface area contributed by atoms with Gasteiger partial charge in [-0.15, -0.1) is 0 Å². The lowest BCUT2D eigenvalue weighted by atomic mass is 9.95. The highest BCUT2D eigenvalue weighted by atomic mass is 16.7. The molecule has 1 aliphatic heterocycles. The maximum atomic E-state index is 9.74. The van der Waals surface area contributed by atoms with Gasteiger partial charge in [0.1, 0.15) is 0 Å². The van der Waals surface area contributed by atoms with Gasteiger partial charge in [-0.2, -0.15) is 0 Å². The second kappa shape index (κ2) is 6.08. The van der Waals surface area contributed by atoms with Crippen LogP contribution in [0.5, 0.6) is 0 Å². The van der Waals surface area contributed by atoms with Crippen molar-refractivity contribution < 1.29 is 14.6 Å². The molecule has 2 aliphatic rings. The van der Waals surface area contributed by atoms with Crippen LogP contribution in [0, 0.1) is 0 Å². The Morgan fingerprint density at radius 3 is 2.65 bits per heavy atom. The largest absolute Gasteiger partial charge is 0.395 e. The number of aliphatic hydroxyl groups excluding tert-OH is 1. The van der Waals surface area contributed by atoms with E-state index in [4.69, 9.17) is 9.47 Å². The highest BCUT2D eigenvalue weighted by Crippen LogP contribution is 2.53. The summed E-state index contributed by atoms with van der Waals surface area (Å²) in [5, 5.41) is 9.74. The van der Waals surface area contributed by atoms with Crippen LogP contribution in [0.1, 0.15) is 31.2 Å². The Hall–Kier alpha value is -1.16. The molecule has 0 bridgehead atoms. The van der Waals surface area contributed by atoms with Gasteiger partial charge < -0.3 is 14.6 Å². The lowest BCUT2D eigenvalue weighted by molar-refractivity contribution is -0.180. The van der Waals surface area contributed by atoms with Crippen LogP contribution in [-0.2, 0) is 14.9 Å². The molecule has 20 heavy (non-hydrogen) atoms. The van der Waals surface area contributed by atoms with Gasteiger partial charge in [-0.3, -0.25) is 0 Å². The van der Waals surface area contributed by atoms with Gasteiger partial charge in [0.2, 0.25) is 0 Å². The Kier molecular flexibility index (Phi) is 4.20. The molecule has 1 N–H and O–H groups in total. The first-order chi connectivity index (χ1) is 9.85. The fourth-order valence-electron chi connectivity index (χ4n) is 2.94. The predicted molar refractivity (Wildman–Crippen MR) is 77.4 cm³/mol. The summed E-state index contributed by atoms with van der Waals surface area (Å²) in [5.74, 6) is 0. The lowest BCUT2D eigenvalue weighted by Crippen LogP contribution is -2.24. The molecule has 108 valence electrons. The Bertz CT molecular complexity index is 462. The molecule has 3 heteroatoms. The van der Waals surface area contributed by atoms with Crippen LogP contribution in [0.4, 0.5) is 0 Å². The molecule has 0 spiro atoms.